The number of benzene rings is 2. The Hall–Kier alpha value is -2.18. The number of ether oxygens (including phenoxy) is 1. The summed E-state index contributed by atoms with van der Waals surface area (Å²) in [6, 6.07) is 18.7. The molecule has 1 N–H and O–H groups in total. The molecule has 2 rings (SSSR count). The Bertz CT molecular complexity index is 663. The summed E-state index contributed by atoms with van der Waals surface area (Å²) in [5.41, 5.74) is 5.79. The van der Waals surface area contributed by atoms with E-state index in [-0.39, 0.29) is 6.04 Å². The maximum atomic E-state index is 5.22. The molecule has 0 saturated heterocycles. The van der Waals surface area contributed by atoms with Crippen molar-refractivity contribution in [2.24, 2.45) is 0 Å². The van der Waals surface area contributed by atoms with Crippen molar-refractivity contribution in [2.45, 2.75) is 32.1 Å². The van der Waals surface area contributed by atoms with E-state index < -0.39 is 8.07 Å². The van der Waals surface area contributed by atoms with E-state index in [4.69, 9.17) is 4.74 Å². The second-order valence-corrected chi connectivity index (χ2v) is 11.3. The van der Waals surface area contributed by atoms with Gasteiger partial charge in [0.1, 0.15) is 13.8 Å². The highest BCUT2D eigenvalue weighted by molar-refractivity contribution is 6.83. The lowest BCUT2D eigenvalue weighted by Crippen LogP contribution is -2.17. The number of nitrogens with one attached hydrogen (secondary N) is 1. The van der Waals surface area contributed by atoms with Crippen molar-refractivity contribution in [2.75, 3.05) is 12.4 Å². The molecule has 0 heterocycles. The van der Waals surface area contributed by atoms with E-state index in [0.29, 0.717) is 0 Å². The van der Waals surface area contributed by atoms with Crippen molar-refractivity contribution >= 4 is 13.8 Å². The van der Waals surface area contributed by atoms with E-state index in [1.807, 2.05) is 30.3 Å². The summed E-state index contributed by atoms with van der Waals surface area (Å²) in [6.45, 7) is 6.82. The predicted octanol–water partition coefficient (Wildman–Crippen LogP) is 5.12. The van der Waals surface area contributed by atoms with E-state index in [9.17, 15) is 0 Å². The molecule has 0 saturated carbocycles. The fraction of sp³-hybridized carbons (Fsp3) is 0.300. The summed E-state index contributed by atoms with van der Waals surface area (Å²) in [5, 5.41) is 3.59. The lowest BCUT2D eigenvalue weighted by Gasteiger charge is -2.19. The monoisotopic (exact) mass is 323 g/mol. The van der Waals surface area contributed by atoms with Gasteiger partial charge in [0.05, 0.1) is 13.2 Å². The van der Waals surface area contributed by atoms with Crippen LogP contribution in [0.2, 0.25) is 19.6 Å². The molecule has 1 atom stereocenters. The number of hydrogen-bond acceptors (Lipinski definition) is 2. The summed E-state index contributed by atoms with van der Waals surface area (Å²) in [4.78, 5) is 0. The predicted molar refractivity (Wildman–Crippen MR) is 102 cm³/mol. The summed E-state index contributed by atoms with van der Waals surface area (Å²) in [6.07, 6.45) is 0.806. The van der Waals surface area contributed by atoms with Crippen LogP contribution in [0.5, 0.6) is 5.75 Å². The molecule has 0 aliphatic rings. The first kappa shape index (κ1) is 17.2. The largest absolute Gasteiger partial charge is 0.497 e. The van der Waals surface area contributed by atoms with Gasteiger partial charge in [-0.25, -0.2) is 0 Å². The molecule has 0 aliphatic carbocycles. The molecule has 0 aliphatic heterocycles. The molecule has 0 spiro atoms. The third-order valence-electron chi connectivity index (χ3n) is 3.40. The summed E-state index contributed by atoms with van der Waals surface area (Å²) in [5.74, 6) is 4.26. The molecule has 0 amide bonds. The molecule has 0 aromatic heterocycles. The summed E-state index contributed by atoms with van der Waals surface area (Å²) in [7, 11) is 0.347. The second kappa shape index (κ2) is 7.89. The van der Waals surface area contributed by atoms with Crippen LogP contribution in [0.3, 0.4) is 0 Å². The highest BCUT2D eigenvalue weighted by atomic mass is 28.3. The first-order valence-electron chi connectivity index (χ1n) is 7.93. The highest BCUT2D eigenvalue weighted by Crippen LogP contribution is 2.24. The average molecular weight is 324 g/mol. The zero-order chi connectivity index (χ0) is 16.7. The van der Waals surface area contributed by atoms with Gasteiger partial charge >= 0.3 is 0 Å². The first-order chi connectivity index (χ1) is 11.0. The van der Waals surface area contributed by atoms with Gasteiger partial charge in [0.15, 0.2) is 0 Å². The van der Waals surface area contributed by atoms with E-state index in [2.05, 4.69) is 60.7 Å². The Kier molecular flexibility index (Phi) is 5.89. The fourth-order valence-corrected chi connectivity index (χ4v) is 2.88. The second-order valence-electron chi connectivity index (χ2n) is 6.59. The zero-order valence-corrected chi connectivity index (χ0v) is 15.4. The van der Waals surface area contributed by atoms with Gasteiger partial charge in [0.25, 0.3) is 0 Å². The molecular weight excluding hydrogens is 298 g/mol. The maximum absolute atomic E-state index is 5.22. The van der Waals surface area contributed by atoms with Crippen LogP contribution in [0.25, 0.3) is 0 Å². The van der Waals surface area contributed by atoms with Gasteiger partial charge < -0.3 is 10.1 Å². The molecule has 0 fully saturated rings. The molecular formula is C20H25NOSi. The number of methoxy groups -OCH3 is 1. The number of hydrogen-bond donors (Lipinski definition) is 1. The molecule has 1 unspecified atom stereocenters. The number of anilines is 1. The van der Waals surface area contributed by atoms with Crippen molar-refractivity contribution < 1.29 is 4.74 Å². The van der Waals surface area contributed by atoms with Gasteiger partial charge in [-0.1, -0.05) is 50.0 Å². The van der Waals surface area contributed by atoms with Gasteiger partial charge in [-0.05, 0) is 29.8 Å². The van der Waals surface area contributed by atoms with Gasteiger partial charge in [-0.15, -0.1) is 11.5 Å². The van der Waals surface area contributed by atoms with Crippen molar-refractivity contribution in [3.63, 3.8) is 0 Å². The topological polar surface area (TPSA) is 21.3 Å². The third-order valence-corrected chi connectivity index (χ3v) is 4.33. The quantitative estimate of drug-likeness (QED) is 0.609. The molecule has 3 heteroatoms. The van der Waals surface area contributed by atoms with Gasteiger partial charge in [0.2, 0.25) is 0 Å². The maximum Gasteiger partial charge on any atom is 0.129 e. The van der Waals surface area contributed by atoms with Crippen molar-refractivity contribution in [3.8, 4) is 17.2 Å². The summed E-state index contributed by atoms with van der Waals surface area (Å²) < 4.78 is 5.22. The van der Waals surface area contributed by atoms with Crippen molar-refractivity contribution in [3.05, 3.63) is 60.2 Å². The van der Waals surface area contributed by atoms with Crippen LogP contribution in [0.15, 0.2) is 54.6 Å². The van der Waals surface area contributed by atoms with E-state index >= 15 is 0 Å². The van der Waals surface area contributed by atoms with Crippen LogP contribution in [-0.2, 0) is 0 Å². The minimum Gasteiger partial charge on any atom is -0.497 e. The normalized spacial score (nSPS) is 12.0. The standard InChI is InChI=1S/C20H25NOSi/c1-22-19-14-12-18(13-15-19)21-20(11-8-16-23(2,3)4)17-9-6-5-7-10-17/h5-7,9-10,12-15,20-21H,11H2,1-4H3. The Morgan fingerprint density at radius 1 is 1.00 bits per heavy atom. The molecule has 120 valence electrons. The third kappa shape index (κ3) is 5.84. The minimum absolute atomic E-state index is 0.188. The molecule has 2 aromatic rings. The average Bonchev–Trinajstić information content (AvgIpc) is 2.54. The van der Waals surface area contributed by atoms with E-state index in [1.165, 1.54) is 5.56 Å². The van der Waals surface area contributed by atoms with Crippen molar-refractivity contribution in [1.29, 1.82) is 0 Å². The highest BCUT2D eigenvalue weighted by Gasteiger charge is 2.11. The van der Waals surface area contributed by atoms with Crippen LogP contribution in [0.1, 0.15) is 18.0 Å². The van der Waals surface area contributed by atoms with Gasteiger partial charge in [-0.3, -0.25) is 0 Å². The van der Waals surface area contributed by atoms with Crippen molar-refractivity contribution in [1.82, 2.24) is 0 Å². The Labute approximate surface area is 140 Å². The molecule has 0 bridgehead atoms. The van der Waals surface area contributed by atoms with Gasteiger partial charge in [0, 0.05) is 12.1 Å². The van der Waals surface area contributed by atoms with Gasteiger partial charge in [-0.2, -0.15) is 0 Å². The zero-order valence-electron chi connectivity index (χ0n) is 14.4. The van der Waals surface area contributed by atoms with Crippen LogP contribution in [-0.4, -0.2) is 15.2 Å². The summed E-state index contributed by atoms with van der Waals surface area (Å²) >= 11 is 0. The van der Waals surface area contributed by atoms with E-state index in [1.54, 1.807) is 7.11 Å². The smallest absolute Gasteiger partial charge is 0.129 e. The minimum atomic E-state index is -1.33. The Balaban J connectivity index is 2.17. The fourth-order valence-electron chi connectivity index (χ4n) is 2.24. The SMILES string of the molecule is COc1ccc(NC(CC#C[Si](C)(C)C)c2ccccc2)cc1. The Morgan fingerprint density at radius 3 is 2.22 bits per heavy atom. The molecule has 2 aromatic carbocycles. The lowest BCUT2D eigenvalue weighted by atomic mass is 10.0. The molecule has 2 nitrogen and oxygen atoms in total. The number of rotatable bonds is 5. The first-order valence-corrected chi connectivity index (χ1v) is 11.4. The Morgan fingerprint density at radius 2 is 1.65 bits per heavy atom. The molecule has 23 heavy (non-hydrogen) atoms. The van der Waals surface area contributed by atoms with Crippen LogP contribution in [0, 0.1) is 11.5 Å². The van der Waals surface area contributed by atoms with Crippen LogP contribution < -0.4 is 10.1 Å². The lowest BCUT2D eigenvalue weighted by molar-refractivity contribution is 0.415. The van der Waals surface area contributed by atoms with E-state index in [0.717, 1.165) is 17.9 Å². The van der Waals surface area contributed by atoms with Crippen LogP contribution in [0.4, 0.5) is 5.69 Å². The van der Waals surface area contributed by atoms with Crippen LogP contribution >= 0.6 is 0 Å². The molecule has 0 radical (unpaired) electrons.